The van der Waals surface area contributed by atoms with Crippen LogP contribution >= 0.6 is 0 Å². The van der Waals surface area contributed by atoms with E-state index in [0.29, 0.717) is 5.56 Å². The van der Waals surface area contributed by atoms with Crippen LogP contribution in [-0.4, -0.2) is 17.5 Å². The van der Waals surface area contributed by atoms with Crippen LogP contribution < -0.4 is 5.73 Å². The van der Waals surface area contributed by atoms with Crippen molar-refractivity contribution >= 4 is 11.9 Å². The van der Waals surface area contributed by atoms with Crippen LogP contribution in [0.2, 0.25) is 0 Å². The second kappa shape index (κ2) is 4.92. The quantitative estimate of drug-likeness (QED) is 0.495. The Hall–Kier alpha value is -2.29. The predicted molar refractivity (Wildman–Crippen MR) is 67.6 cm³/mol. The Bertz CT molecular complexity index is 556. The lowest BCUT2D eigenvalue weighted by atomic mass is 9.83. The summed E-state index contributed by atoms with van der Waals surface area (Å²) in [6, 6.07) is 8.79. The molecular formula is C14H12N2O2. The van der Waals surface area contributed by atoms with Gasteiger partial charge in [0.15, 0.2) is 11.4 Å². The molecule has 1 aliphatic rings. The van der Waals surface area contributed by atoms with Crippen molar-refractivity contribution in [3.63, 3.8) is 0 Å². The van der Waals surface area contributed by atoms with Crippen LogP contribution in [0.15, 0.2) is 59.6 Å². The van der Waals surface area contributed by atoms with Gasteiger partial charge in [0.2, 0.25) is 6.08 Å². The summed E-state index contributed by atoms with van der Waals surface area (Å²) in [5, 5.41) is 0. The molecule has 0 spiro atoms. The highest BCUT2D eigenvalue weighted by Gasteiger charge is 2.37. The van der Waals surface area contributed by atoms with E-state index in [1.54, 1.807) is 42.5 Å². The molecule has 0 amide bonds. The first-order chi connectivity index (χ1) is 8.67. The molecule has 0 fully saturated rings. The Morgan fingerprint density at radius 1 is 1.28 bits per heavy atom. The minimum Gasteiger partial charge on any atom is -0.302 e. The van der Waals surface area contributed by atoms with E-state index in [4.69, 9.17) is 5.73 Å². The average molecular weight is 240 g/mol. The number of ketones is 1. The largest absolute Gasteiger partial charge is 0.302 e. The molecule has 0 saturated carbocycles. The highest BCUT2D eigenvalue weighted by atomic mass is 16.1. The fourth-order valence-electron chi connectivity index (χ4n) is 1.91. The highest BCUT2D eigenvalue weighted by Crippen LogP contribution is 2.26. The van der Waals surface area contributed by atoms with Crippen LogP contribution in [0.1, 0.15) is 10.4 Å². The SMILES string of the molecule is NC1(N=C=O)C=CC=CC1C(=O)c1ccccc1. The lowest BCUT2D eigenvalue weighted by Gasteiger charge is -2.28. The number of rotatable bonds is 3. The van der Waals surface area contributed by atoms with E-state index in [1.165, 1.54) is 12.2 Å². The summed E-state index contributed by atoms with van der Waals surface area (Å²) in [7, 11) is 0. The molecule has 0 saturated heterocycles. The minimum atomic E-state index is -1.34. The molecule has 4 nitrogen and oxygen atoms in total. The Labute approximate surface area is 105 Å². The molecular weight excluding hydrogens is 228 g/mol. The predicted octanol–water partition coefficient (Wildman–Crippen LogP) is 1.60. The maximum atomic E-state index is 12.3. The van der Waals surface area contributed by atoms with E-state index in [-0.39, 0.29) is 5.78 Å². The molecule has 90 valence electrons. The maximum Gasteiger partial charge on any atom is 0.237 e. The van der Waals surface area contributed by atoms with Crippen LogP contribution in [0.4, 0.5) is 0 Å². The normalized spacial score (nSPS) is 25.5. The van der Waals surface area contributed by atoms with Gasteiger partial charge in [-0.1, -0.05) is 48.6 Å². The molecule has 2 atom stereocenters. The second-order valence-electron chi connectivity index (χ2n) is 4.04. The van der Waals surface area contributed by atoms with Gasteiger partial charge in [0.1, 0.15) is 0 Å². The van der Waals surface area contributed by atoms with Gasteiger partial charge >= 0.3 is 0 Å². The molecule has 0 bridgehead atoms. The zero-order chi connectivity index (χ0) is 13.0. The number of carbonyl (C=O) groups is 1. The summed E-state index contributed by atoms with van der Waals surface area (Å²) < 4.78 is 0. The number of hydrogen-bond donors (Lipinski definition) is 1. The lowest BCUT2D eigenvalue weighted by molar-refractivity contribution is 0.0912. The monoisotopic (exact) mass is 240 g/mol. The van der Waals surface area contributed by atoms with Crippen molar-refractivity contribution in [3.05, 3.63) is 60.2 Å². The third kappa shape index (κ3) is 2.20. The van der Waals surface area contributed by atoms with Gasteiger partial charge in [-0.3, -0.25) is 4.79 Å². The first kappa shape index (κ1) is 12.2. The molecule has 0 aliphatic heterocycles. The van der Waals surface area contributed by atoms with Crippen molar-refractivity contribution < 1.29 is 9.59 Å². The van der Waals surface area contributed by atoms with E-state index < -0.39 is 11.6 Å². The number of allylic oxidation sites excluding steroid dienone is 2. The standard InChI is InChI=1S/C14H12N2O2/c15-14(16-10-17)9-5-4-8-12(14)13(18)11-6-2-1-3-7-11/h1-9,12H,15H2. The number of Topliss-reactive ketones (excluding diaryl/α,β-unsaturated/α-hetero) is 1. The third-order valence-corrected chi connectivity index (χ3v) is 2.86. The molecule has 2 rings (SSSR count). The molecule has 1 aromatic carbocycles. The number of aliphatic imine (C=N–C) groups is 1. The smallest absolute Gasteiger partial charge is 0.237 e. The van der Waals surface area contributed by atoms with Gasteiger partial charge < -0.3 is 5.73 Å². The molecule has 0 aromatic heterocycles. The number of nitrogens with two attached hydrogens (primary N) is 1. The summed E-state index contributed by atoms with van der Waals surface area (Å²) in [5.41, 5.74) is 5.16. The fourth-order valence-corrected chi connectivity index (χ4v) is 1.91. The molecule has 2 N–H and O–H groups in total. The molecule has 18 heavy (non-hydrogen) atoms. The van der Waals surface area contributed by atoms with Crippen molar-refractivity contribution in [2.24, 2.45) is 16.6 Å². The van der Waals surface area contributed by atoms with Gasteiger partial charge in [-0.15, -0.1) is 0 Å². The first-order valence-corrected chi connectivity index (χ1v) is 5.50. The Morgan fingerprint density at radius 3 is 2.67 bits per heavy atom. The van der Waals surface area contributed by atoms with Crippen molar-refractivity contribution in [1.29, 1.82) is 0 Å². The zero-order valence-corrected chi connectivity index (χ0v) is 9.61. The van der Waals surface area contributed by atoms with Gasteiger partial charge in [0.05, 0.1) is 5.92 Å². The van der Waals surface area contributed by atoms with Gasteiger partial charge in [-0.25, -0.2) is 4.79 Å². The van der Waals surface area contributed by atoms with E-state index >= 15 is 0 Å². The second-order valence-corrected chi connectivity index (χ2v) is 4.04. The van der Waals surface area contributed by atoms with Crippen molar-refractivity contribution in [2.75, 3.05) is 0 Å². The number of benzene rings is 1. The van der Waals surface area contributed by atoms with Crippen molar-refractivity contribution in [3.8, 4) is 0 Å². The van der Waals surface area contributed by atoms with Crippen LogP contribution in [0.5, 0.6) is 0 Å². The Morgan fingerprint density at radius 2 is 2.00 bits per heavy atom. The summed E-state index contributed by atoms with van der Waals surface area (Å²) in [4.78, 5) is 26.3. The maximum absolute atomic E-state index is 12.3. The van der Waals surface area contributed by atoms with Crippen LogP contribution in [0, 0.1) is 5.92 Å². The van der Waals surface area contributed by atoms with Gasteiger partial charge in [0.25, 0.3) is 0 Å². The van der Waals surface area contributed by atoms with Gasteiger partial charge in [-0.2, -0.15) is 4.99 Å². The third-order valence-electron chi connectivity index (χ3n) is 2.86. The number of isocyanates is 1. The Kier molecular flexibility index (Phi) is 3.33. The topological polar surface area (TPSA) is 72.5 Å². The fraction of sp³-hybridized carbons (Fsp3) is 0.143. The minimum absolute atomic E-state index is 0.169. The Balaban J connectivity index is 2.38. The lowest BCUT2D eigenvalue weighted by Crippen LogP contribution is -2.47. The van der Waals surface area contributed by atoms with Gasteiger partial charge in [0, 0.05) is 5.56 Å². The summed E-state index contributed by atoms with van der Waals surface area (Å²) >= 11 is 0. The number of hydrogen-bond acceptors (Lipinski definition) is 4. The molecule has 1 aliphatic carbocycles. The zero-order valence-electron chi connectivity index (χ0n) is 9.61. The van der Waals surface area contributed by atoms with E-state index in [9.17, 15) is 9.59 Å². The summed E-state index contributed by atoms with van der Waals surface area (Å²) in [6.07, 6.45) is 7.99. The van der Waals surface area contributed by atoms with Gasteiger partial charge in [-0.05, 0) is 6.08 Å². The molecule has 1 aromatic rings. The van der Waals surface area contributed by atoms with Crippen molar-refractivity contribution in [1.82, 2.24) is 0 Å². The van der Waals surface area contributed by atoms with Crippen LogP contribution in [0.25, 0.3) is 0 Å². The molecule has 4 heteroatoms. The number of carbonyl (C=O) groups excluding carboxylic acids is 2. The van der Waals surface area contributed by atoms with Crippen molar-refractivity contribution in [2.45, 2.75) is 5.66 Å². The summed E-state index contributed by atoms with van der Waals surface area (Å²) in [6.45, 7) is 0. The van der Waals surface area contributed by atoms with E-state index in [0.717, 1.165) is 0 Å². The average Bonchev–Trinajstić information content (AvgIpc) is 2.39. The molecule has 0 radical (unpaired) electrons. The van der Waals surface area contributed by atoms with E-state index in [1.807, 2.05) is 6.07 Å². The van der Waals surface area contributed by atoms with Crippen LogP contribution in [0.3, 0.4) is 0 Å². The van der Waals surface area contributed by atoms with Crippen LogP contribution in [-0.2, 0) is 4.79 Å². The number of nitrogens with zero attached hydrogens (tertiary/aromatic N) is 1. The first-order valence-electron chi connectivity index (χ1n) is 5.50. The molecule has 0 heterocycles. The highest BCUT2D eigenvalue weighted by molar-refractivity contribution is 6.00. The molecule has 2 unspecified atom stereocenters. The van der Waals surface area contributed by atoms with E-state index in [2.05, 4.69) is 4.99 Å². The summed E-state index contributed by atoms with van der Waals surface area (Å²) in [5.74, 6) is -0.857.